The third-order valence-corrected chi connectivity index (χ3v) is 3.37. The summed E-state index contributed by atoms with van der Waals surface area (Å²) in [6.07, 6.45) is 0. The summed E-state index contributed by atoms with van der Waals surface area (Å²) < 4.78 is 10.9. The van der Waals surface area contributed by atoms with E-state index in [2.05, 4.69) is 0 Å². The molecule has 0 aromatic heterocycles. The Bertz CT molecular complexity index is 468. The number of ether oxygens (including phenoxy) is 2. The first-order chi connectivity index (χ1) is 9.58. The largest absolute Gasteiger partial charge is 0.483 e. The maximum Gasteiger partial charge on any atom is 0.260 e. The molecule has 1 aliphatic heterocycles. The third-order valence-electron chi connectivity index (χ3n) is 3.37. The molecule has 0 unspecified atom stereocenters. The van der Waals surface area contributed by atoms with E-state index in [1.807, 2.05) is 32.0 Å². The average molecular weight is 278 g/mol. The van der Waals surface area contributed by atoms with Crippen LogP contribution in [0.3, 0.4) is 0 Å². The molecule has 5 heteroatoms. The lowest BCUT2D eigenvalue weighted by Gasteiger charge is -2.27. The normalized spacial score (nSPS) is 16.9. The molecule has 2 rings (SSSR count). The number of benzene rings is 1. The Balaban J connectivity index is 1.98. The number of morpholine rings is 1. The molecule has 1 amide bonds. The molecular weight excluding hydrogens is 256 g/mol. The van der Waals surface area contributed by atoms with Gasteiger partial charge in [-0.25, -0.2) is 0 Å². The second kappa shape index (κ2) is 6.72. The second-order valence-corrected chi connectivity index (χ2v) is 5.11. The molecule has 20 heavy (non-hydrogen) atoms. The van der Waals surface area contributed by atoms with Crippen molar-refractivity contribution in [1.29, 1.82) is 0 Å². The van der Waals surface area contributed by atoms with Crippen molar-refractivity contribution in [2.24, 2.45) is 5.73 Å². The fourth-order valence-electron chi connectivity index (χ4n) is 2.20. The number of carbonyl (C=O) groups excluding carboxylic acids is 1. The number of hydrogen-bond donors (Lipinski definition) is 1. The maximum atomic E-state index is 12.0. The summed E-state index contributed by atoms with van der Waals surface area (Å²) in [6.45, 7) is 6.43. The van der Waals surface area contributed by atoms with Crippen LogP contribution in [0.25, 0.3) is 0 Å². The fourth-order valence-corrected chi connectivity index (χ4v) is 2.20. The number of hydrogen-bond acceptors (Lipinski definition) is 4. The number of nitrogens with zero attached hydrogens (tertiary/aromatic N) is 1. The maximum absolute atomic E-state index is 12.0. The van der Waals surface area contributed by atoms with Crippen molar-refractivity contribution < 1.29 is 14.3 Å². The molecule has 1 fully saturated rings. The summed E-state index contributed by atoms with van der Waals surface area (Å²) >= 11 is 0. The highest BCUT2D eigenvalue weighted by Crippen LogP contribution is 2.25. The van der Waals surface area contributed by atoms with Gasteiger partial charge in [0.1, 0.15) is 5.75 Å². The highest BCUT2D eigenvalue weighted by atomic mass is 16.5. The lowest BCUT2D eigenvalue weighted by atomic mass is 10.1. The van der Waals surface area contributed by atoms with Gasteiger partial charge in [0, 0.05) is 24.7 Å². The standard InChI is InChI=1S/C15H22N2O3/c1-11-3-4-14(13(9-11)12(2)16)20-10-15(18)17-5-7-19-8-6-17/h3-4,9,12H,5-8,10,16H2,1-2H3/t12-/m0/s1. The Kier molecular flexibility index (Phi) is 4.98. The zero-order valence-corrected chi connectivity index (χ0v) is 12.1. The van der Waals surface area contributed by atoms with Gasteiger partial charge in [0.2, 0.25) is 0 Å². The van der Waals surface area contributed by atoms with Crippen molar-refractivity contribution in [3.8, 4) is 5.75 Å². The van der Waals surface area contributed by atoms with E-state index in [1.54, 1.807) is 4.90 Å². The van der Waals surface area contributed by atoms with Gasteiger partial charge in [-0.1, -0.05) is 17.7 Å². The molecule has 1 aromatic carbocycles. The highest BCUT2D eigenvalue weighted by Gasteiger charge is 2.18. The summed E-state index contributed by atoms with van der Waals surface area (Å²) in [4.78, 5) is 13.8. The first-order valence-corrected chi connectivity index (χ1v) is 6.92. The molecule has 110 valence electrons. The van der Waals surface area contributed by atoms with Crippen molar-refractivity contribution in [1.82, 2.24) is 4.90 Å². The molecule has 5 nitrogen and oxygen atoms in total. The minimum atomic E-state index is -0.122. The van der Waals surface area contributed by atoms with Crippen LogP contribution in [0, 0.1) is 6.92 Å². The first kappa shape index (κ1) is 14.8. The van der Waals surface area contributed by atoms with Gasteiger partial charge in [0.05, 0.1) is 13.2 Å². The van der Waals surface area contributed by atoms with E-state index in [-0.39, 0.29) is 18.6 Å². The van der Waals surface area contributed by atoms with E-state index in [0.717, 1.165) is 11.1 Å². The Morgan fingerprint density at radius 1 is 1.45 bits per heavy atom. The molecule has 1 atom stereocenters. The number of amides is 1. The van der Waals surface area contributed by atoms with Crippen LogP contribution in [0.5, 0.6) is 5.75 Å². The molecule has 1 saturated heterocycles. The van der Waals surface area contributed by atoms with Crippen LogP contribution in [-0.2, 0) is 9.53 Å². The summed E-state index contributed by atoms with van der Waals surface area (Å²) in [6, 6.07) is 5.71. The van der Waals surface area contributed by atoms with E-state index in [1.165, 1.54) is 0 Å². The zero-order chi connectivity index (χ0) is 14.5. The molecule has 0 radical (unpaired) electrons. The van der Waals surface area contributed by atoms with Crippen LogP contribution < -0.4 is 10.5 Å². The van der Waals surface area contributed by atoms with Crippen molar-refractivity contribution in [3.05, 3.63) is 29.3 Å². The topological polar surface area (TPSA) is 64.8 Å². The van der Waals surface area contributed by atoms with Crippen LogP contribution in [0.15, 0.2) is 18.2 Å². The van der Waals surface area contributed by atoms with Gasteiger partial charge in [-0.05, 0) is 19.9 Å². The van der Waals surface area contributed by atoms with Gasteiger partial charge >= 0.3 is 0 Å². The van der Waals surface area contributed by atoms with Crippen LogP contribution >= 0.6 is 0 Å². The fraction of sp³-hybridized carbons (Fsp3) is 0.533. The molecule has 2 N–H and O–H groups in total. The molecule has 1 aliphatic rings. The first-order valence-electron chi connectivity index (χ1n) is 6.92. The molecule has 0 saturated carbocycles. The van der Waals surface area contributed by atoms with Crippen LogP contribution in [0.2, 0.25) is 0 Å². The molecular formula is C15H22N2O3. The van der Waals surface area contributed by atoms with E-state index in [9.17, 15) is 4.79 Å². The molecule has 0 aliphatic carbocycles. The summed E-state index contributed by atoms with van der Waals surface area (Å²) in [5.74, 6) is 0.678. The predicted octanol–water partition coefficient (Wildman–Crippen LogP) is 1.25. The van der Waals surface area contributed by atoms with Crippen LogP contribution in [-0.4, -0.2) is 43.7 Å². The van der Waals surface area contributed by atoms with Gasteiger partial charge in [0.15, 0.2) is 6.61 Å². The van der Waals surface area contributed by atoms with Crippen molar-refractivity contribution in [2.75, 3.05) is 32.9 Å². The van der Waals surface area contributed by atoms with Crippen LogP contribution in [0.1, 0.15) is 24.1 Å². The van der Waals surface area contributed by atoms with Crippen LogP contribution in [0.4, 0.5) is 0 Å². The number of aryl methyl sites for hydroxylation is 1. The van der Waals surface area contributed by atoms with E-state index >= 15 is 0 Å². The van der Waals surface area contributed by atoms with Gasteiger partial charge in [0.25, 0.3) is 5.91 Å². The second-order valence-electron chi connectivity index (χ2n) is 5.11. The minimum Gasteiger partial charge on any atom is -0.483 e. The molecule has 1 aromatic rings. The number of carbonyl (C=O) groups is 1. The third kappa shape index (κ3) is 3.71. The lowest BCUT2D eigenvalue weighted by molar-refractivity contribution is -0.137. The van der Waals surface area contributed by atoms with Gasteiger partial charge in [-0.2, -0.15) is 0 Å². The Morgan fingerprint density at radius 2 is 2.15 bits per heavy atom. The Hall–Kier alpha value is -1.59. The monoisotopic (exact) mass is 278 g/mol. The number of nitrogens with two attached hydrogens (primary N) is 1. The minimum absolute atomic E-state index is 0.00972. The zero-order valence-electron chi connectivity index (χ0n) is 12.1. The van der Waals surface area contributed by atoms with E-state index < -0.39 is 0 Å². The smallest absolute Gasteiger partial charge is 0.260 e. The van der Waals surface area contributed by atoms with Crippen molar-refractivity contribution >= 4 is 5.91 Å². The van der Waals surface area contributed by atoms with E-state index in [4.69, 9.17) is 15.2 Å². The van der Waals surface area contributed by atoms with Gasteiger partial charge in [-0.15, -0.1) is 0 Å². The molecule has 0 bridgehead atoms. The highest BCUT2D eigenvalue weighted by molar-refractivity contribution is 5.77. The van der Waals surface area contributed by atoms with E-state index in [0.29, 0.717) is 32.1 Å². The SMILES string of the molecule is Cc1ccc(OCC(=O)N2CCOCC2)c([C@H](C)N)c1. The lowest BCUT2D eigenvalue weighted by Crippen LogP contribution is -2.43. The van der Waals surface area contributed by atoms with Crippen molar-refractivity contribution in [3.63, 3.8) is 0 Å². The average Bonchev–Trinajstić information content (AvgIpc) is 2.46. The van der Waals surface area contributed by atoms with Gasteiger partial charge in [-0.3, -0.25) is 4.79 Å². The predicted molar refractivity (Wildman–Crippen MR) is 76.7 cm³/mol. The summed E-state index contributed by atoms with van der Waals surface area (Å²) in [7, 11) is 0. The van der Waals surface area contributed by atoms with Crippen molar-refractivity contribution in [2.45, 2.75) is 19.9 Å². The Labute approximate surface area is 119 Å². The number of rotatable bonds is 4. The quantitative estimate of drug-likeness (QED) is 0.900. The van der Waals surface area contributed by atoms with Gasteiger partial charge < -0.3 is 20.1 Å². The molecule has 0 spiro atoms. The molecule has 1 heterocycles. The summed E-state index contributed by atoms with van der Waals surface area (Å²) in [5, 5.41) is 0. The Morgan fingerprint density at radius 3 is 2.80 bits per heavy atom. The summed E-state index contributed by atoms with van der Waals surface area (Å²) in [5.41, 5.74) is 8.00.